The number of nitrogen functional groups attached to an aromatic ring is 4. The van der Waals surface area contributed by atoms with Crippen LogP contribution in [0.3, 0.4) is 0 Å². The summed E-state index contributed by atoms with van der Waals surface area (Å²) in [4.78, 5) is -0.186. The molecule has 312 valence electrons. The molecule has 0 aliphatic heterocycles. The van der Waals surface area contributed by atoms with E-state index in [0.717, 1.165) is 29.0 Å². The summed E-state index contributed by atoms with van der Waals surface area (Å²) >= 11 is 0. The minimum atomic E-state index is -4.04. The first-order valence-corrected chi connectivity index (χ1v) is 21.3. The van der Waals surface area contributed by atoms with E-state index in [1.807, 2.05) is 133 Å². The Hall–Kier alpha value is -7.89. The molecule has 62 heavy (non-hydrogen) atoms. The third kappa shape index (κ3) is 9.76. The SMILES string of the molecule is CCC(c1cccc(Oc2ccccc2)c1N)c1cccc(Oc2ccccc2)c1N.Nc1c(Oc2ccccc2)cccc1S(=O)(=O)c1cccc(Oc2ccccc2)c1N. The van der Waals surface area contributed by atoms with Gasteiger partial charge >= 0.3 is 0 Å². The van der Waals surface area contributed by atoms with Crippen molar-refractivity contribution in [3.05, 3.63) is 205 Å². The van der Waals surface area contributed by atoms with Crippen molar-refractivity contribution in [3.8, 4) is 46.0 Å². The maximum Gasteiger partial charge on any atom is 0.210 e. The molecule has 0 aromatic heterocycles. The van der Waals surface area contributed by atoms with Crippen LogP contribution in [0.1, 0.15) is 30.4 Å². The molecule has 11 heteroatoms. The predicted molar refractivity (Wildman–Crippen MR) is 247 cm³/mol. The second kappa shape index (κ2) is 19.4. The fourth-order valence-corrected chi connectivity index (χ4v) is 8.32. The number of hydrogen-bond donors (Lipinski definition) is 4. The molecule has 10 nitrogen and oxygen atoms in total. The number of sulfone groups is 1. The van der Waals surface area contributed by atoms with Gasteiger partial charge in [0.25, 0.3) is 0 Å². The summed E-state index contributed by atoms with van der Waals surface area (Å²) in [7, 11) is -4.04. The third-order valence-corrected chi connectivity index (χ3v) is 11.7. The van der Waals surface area contributed by atoms with Crippen molar-refractivity contribution < 1.29 is 27.4 Å². The molecule has 8 aromatic carbocycles. The fourth-order valence-electron chi connectivity index (χ4n) is 6.79. The highest BCUT2D eigenvalue weighted by Crippen LogP contribution is 2.43. The Morgan fingerprint density at radius 2 is 0.645 bits per heavy atom. The standard InChI is InChI=1S/C27H26N2O2.C24H20N2O4S/c1-2-21(22-15-9-17-24(26(22)28)30-19-11-5-3-6-12-19)23-16-10-18-25(27(23)29)31-20-13-7-4-8-14-20;25-23-19(29-17-9-3-1-4-10-17)13-7-15-21(23)31(27,28)22-16-8-14-20(24(22)26)30-18-11-5-2-6-12-18/h3-18,21H,2,28-29H2,1H3;1-16H,25-26H2. The lowest BCUT2D eigenvalue weighted by molar-refractivity contribution is 0.482. The molecular formula is C51H46N4O6S. The summed E-state index contributed by atoms with van der Waals surface area (Å²) in [6.07, 6.45) is 0.831. The molecule has 0 atom stereocenters. The number of anilines is 4. The topological polar surface area (TPSA) is 175 Å². The maximum absolute atomic E-state index is 13.4. The highest BCUT2D eigenvalue weighted by Gasteiger charge is 2.27. The first kappa shape index (κ1) is 42.2. The van der Waals surface area contributed by atoms with Crippen molar-refractivity contribution in [2.75, 3.05) is 22.9 Å². The Kier molecular flexibility index (Phi) is 13.3. The normalized spacial score (nSPS) is 10.9. The Morgan fingerprint density at radius 1 is 0.371 bits per heavy atom. The van der Waals surface area contributed by atoms with Crippen molar-refractivity contribution in [2.45, 2.75) is 29.1 Å². The van der Waals surface area contributed by atoms with E-state index in [1.54, 1.807) is 48.5 Å². The summed E-state index contributed by atoms with van der Waals surface area (Å²) < 4.78 is 50.4. The molecule has 0 saturated heterocycles. The Labute approximate surface area is 361 Å². The van der Waals surface area contributed by atoms with E-state index in [1.165, 1.54) is 12.1 Å². The van der Waals surface area contributed by atoms with Crippen LogP contribution in [0.15, 0.2) is 204 Å². The summed E-state index contributed by atoms with van der Waals surface area (Å²) in [6.45, 7) is 2.12. The van der Waals surface area contributed by atoms with E-state index in [-0.39, 0.29) is 38.6 Å². The molecule has 0 bridgehead atoms. The third-order valence-electron chi connectivity index (χ3n) is 9.87. The molecule has 0 heterocycles. The lowest BCUT2D eigenvalue weighted by Gasteiger charge is -2.22. The van der Waals surface area contributed by atoms with E-state index in [2.05, 4.69) is 6.92 Å². The first-order valence-electron chi connectivity index (χ1n) is 19.8. The molecule has 8 aromatic rings. The first-order chi connectivity index (χ1) is 30.1. The maximum atomic E-state index is 13.4. The van der Waals surface area contributed by atoms with Gasteiger partial charge in [0, 0.05) is 5.92 Å². The highest BCUT2D eigenvalue weighted by molar-refractivity contribution is 7.91. The summed E-state index contributed by atoms with van der Waals surface area (Å²) in [6, 6.07) is 58.2. The van der Waals surface area contributed by atoms with Crippen LogP contribution in [0, 0.1) is 0 Å². The molecule has 0 saturated carbocycles. The lowest BCUT2D eigenvalue weighted by Crippen LogP contribution is -2.09. The van der Waals surface area contributed by atoms with Gasteiger partial charge in [-0.3, -0.25) is 0 Å². The molecule has 0 fully saturated rings. The van der Waals surface area contributed by atoms with Crippen molar-refractivity contribution in [1.82, 2.24) is 0 Å². The molecule has 8 rings (SSSR count). The van der Waals surface area contributed by atoms with Crippen LogP contribution >= 0.6 is 0 Å². The van der Waals surface area contributed by atoms with E-state index < -0.39 is 9.84 Å². The Bertz CT molecular complexity index is 2660. The van der Waals surface area contributed by atoms with Crippen LogP contribution in [0.25, 0.3) is 0 Å². The van der Waals surface area contributed by atoms with Gasteiger partial charge in [-0.1, -0.05) is 116 Å². The molecule has 0 radical (unpaired) electrons. The minimum Gasteiger partial charge on any atom is -0.455 e. The number of ether oxygens (including phenoxy) is 4. The zero-order valence-corrected chi connectivity index (χ0v) is 34.7. The van der Waals surface area contributed by atoms with Crippen molar-refractivity contribution in [3.63, 3.8) is 0 Å². The van der Waals surface area contributed by atoms with Gasteiger partial charge in [0.05, 0.1) is 32.5 Å². The molecule has 0 amide bonds. The van der Waals surface area contributed by atoms with Crippen molar-refractivity contribution in [1.29, 1.82) is 0 Å². The molecule has 0 aliphatic rings. The average Bonchev–Trinajstić information content (AvgIpc) is 3.29. The van der Waals surface area contributed by atoms with Crippen LogP contribution in [-0.4, -0.2) is 8.42 Å². The highest BCUT2D eigenvalue weighted by atomic mass is 32.2. The fraction of sp³-hybridized carbons (Fsp3) is 0.0588. The number of rotatable bonds is 13. The van der Waals surface area contributed by atoms with Crippen LogP contribution < -0.4 is 41.9 Å². The molecule has 0 unspecified atom stereocenters. The smallest absolute Gasteiger partial charge is 0.210 e. The quantitative estimate of drug-likeness (QED) is 0.0817. The van der Waals surface area contributed by atoms with Gasteiger partial charge in [0.1, 0.15) is 23.0 Å². The molecule has 0 aliphatic carbocycles. The van der Waals surface area contributed by atoms with E-state index in [4.69, 9.17) is 41.9 Å². The number of para-hydroxylation sites is 8. The van der Waals surface area contributed by atoms with Gasteiger partial charge in [-0.2, -0.15) is 0 Å². The zero-order valence-electron chi connectivity index (χ0n) is 33.9. The van der Waals surface area contributed by atoms with Gasteiger partial charge < -0.3 is 41.9 Å². The molecular weight excluding hydrogens is 797 g/mol. The minimum absolute atomic E-state index is 0.000124. The van der Waals surface area contributed by atoms with Crippen LogP contribution in [0.4, 0.5) is 22.7 Å². The van der Waals surface area contributed by atoms with Gasteiger partial charge in [-0.25, -0.2) is 8.42 Å². The second-order valence-electron chi connectivity index (χ2n) is 14.0. The average molecular weight is 843 g/mol. The predicted octanol–water partition coefficient (Wildman–Crippen LogP) is 12.2. The van der Waals surface area contributed by atoms with Gasteiger partial charge in [-0.05, 0) is 102 Å². The number of nitrogens with two attached hydrogens (primary N) is 4. The van der Waals surface area contributed by atoms with Crippen LogP contribution in [-0.2, 0) is 9.84 Å². The monoisotopic (exact) mass is 842 g/mol. The van der Waals surface area contributed by atoms with Crippen LogP contribution in [0.5, 0.6) is 46.0 Å². The van der Waals surface area contributed by atoms with Crippen molar-refractivity contribution >= 4 is 32.6 Å². The van der Waals surface area contributed by atoms with Crippen LogP contribution in [0.2, 0.25) is 0 Å². The van der Waals surface area contributed by atoms with E-state index >= 15 is 0 Å². The number of benzene rings is 8. The van der Waals surface area contributed by atoms with Gasteiger partial charge in [-0.15, -0.1) is 0 Å². The van der Waals surface area contributed by atoms with E-state index in [0.29, 0.717) is 34.4 Å². The molecule has 0 spiro atoms. The van der Waals surface area contributed by atoms with Gasteiger partial charge in [0.15, 0.2) is 23.0 Å². The lowest BCUT2D eigenvalue weighted by atomic mass is 9.86. The molecule has 8 N–H and O–H groups in total. The number of hydrogen-bond acceptors (Lipinski definition) is 10. The van der Waals surface area contributed by atoms with Gasteiger partial charge in [0.2, 0.25) is 9.84 Å². The summed E-state index contributed by atoms with van der Waals surface area (Å²) in [5.74, 6) is 4.34. The Morgan fingerprint density at radius 3 is 0.935 bits per heavy atom. The van der Waals surface area contributed by atoms with E-state index in [9.17, 15) is 8.42 Å². The zero-order chi connectivity index (χ0) is 43.5. The summed E-state index contributed by atoms with van der Waals surface area (Å²) in [5.41, 5.74) is 28.7. The van der Waals surface area contributed by atoms with Crippen molar-refractivity contribution in [2.24, 2.45) is 0 Å². The summed E-state index contributed by atoms with van der Waals surface area (Å²) in [5, 5.41) is 0. The Balaban J connectivity index is 0.000000186. The largest absolute Gasteiger partial charge is 0.455 e. The second-order valence-corrected chi connectivity index (χ2v) is 15.9.